The number of benzene rings is 1. The molecule has 5 heteroatoms. The molecule has 1 aromatic rings. The summed E-state index contributed by atoms with van der Waals surface area (Å²) in [5.41, 5.74) is -0.0280. The minimum atomic E-state index is -1.08. The second-order valence-corrected chi connectivity index (χ2v) is 3.02. The van der Waals surface area contributed by atoms with Gasteiger partial charge < -0.3 is 5.11 Å². The third-order valence-electron chi connectivity index (χ3n) is 1.57. The maximum Gasteiger partial charge on any atom is 0.307 e. The molecule has 0 bridgehead atoms. The Morgan fingerprint density at radius 1 is 1.64 bits per heavy atom. The summed E-state index contributed by atoms with van der Waals surface area (Å²) in [5, 5.41) is 16.9. The second kappa shape index (κ2) is 4.07. The first-order valence-electron chi connectivity index (χ1n) is 3.64. The molecule has 0 radical (unpaired) electrons. The van der Waals surface area contributed by atoms with Gasteiger partial charge in [-0.2, -0.15) is 5.26 Å². The Morgan fingerprint density at radius 2 is 2.29 bits per heavy atom. The third-order valence-corrected chi connectivity index (χ3v) is 1.87. The lowest BCUT2D eigenvalue weighted by Crippen LogP contribution is -2.01. The molecule has 1 aromatic carbocycles. The number of nitriles is 1. The van der Waals surface area contributed by atoms with E-state index in [0.29, 0.717) is 0 Å². The Balaban J connectivity index is 3.15. The average molecular weight is 214 g/mol. The number of carbonyl (C=O) groups is 1. The molecule has 1 N–H and O–H groups in total. The molecule has 0 atom stereocenters. The number of hydrogen-bond acceptors (Lipinski definition) is 2. The summed E-state index contributed by atoms with van der Waals surface area (Å²) in [5.74, 6) is -1.87. The first-order valence-corrected chi connectivity index (χ1v) is 4.02. The van der Waals surface area contributed by atoms with Crippen molar-refractivity contribution in [3.05, 3.63) is 34.1 Å². The molecule has 0 aliphatic heterocycles. The van der Waals surface area contributed by atoms with Crippen molar-refractivity contribution >= 4 is 17.6 Å². The number of halogens is 2. The molecule has 0 aliphatic carbocycles. The van der Waals surface area contributed by atoms with Crippen LogP contribution in [0.4, 0.5) is 4.39 Å². The van der Waals surface area contributed by atoms with Gasteiger partial charge in [0.15, 0.2) is 0 Å². The maximum absolute atomic E-state index is 13.1. The van der Waals surface area contributed by atoms with Gasteiger partial charge in [0.05, 0.1) is 11.4 Å². The molecule has 72 valence electrons. The Bertz CT molecular complexity index is 402. The van der Waals surface area contributed by atoms with Crippen molar-refractivity contribution in [1.82, 2.24) is 0 Å². The standard InChI is InChI=1S/C9H5ClFNO2/c10-7-1-5(3-9(13)14)2-8(11)6(7)4-12/h1-2H,3H2,(H,13,14). The molecule has 0 saturated heterocycles. The van der Waals surface area contributed by atoms with Gasteiger partial charge >= 0.3 is 5.97 Å². The van der Waals surface area contributed by atoms with Crippen LogP contribution in [0.5, 0.6) is 0 Å². The molecule has 0 amide bonds. The van der Waals surface area contributed by atoms with E-state index in [2.05, 4.69) is 0 Å². The summed E-state index contributed by atoms with van der Waals surface area (Å²) in [6.45, 7) is 0. The molecule has 14 heavy (non-hydrogen) atoms. The van der Waals surface area contributed by atoms with Gasteiger partial charge in [-0.25, -0.2) is 4.39 Å². The van der Waals surface area contributed by atoms with Crippen molar-refractivity contribution in [2.24, 2.45) is 0 Å². The number of carboxylic acid groups (broad SMARTS) is 1. The predicted molar refractivity (Wildman–Crippen MR) is 47.5 cm³/mol. The van der Waals surface area contributed by atoms with Crippen LogP contribution in [-0.4, -0.2) is 11.1 Å². The first-order chi connectivity index (χ1) is 6.54. The zero-order valence-corrected chi connectivity index (χ0v) is 7.68. The van der Waals surface area contributed by atoms with E-state index in [0.717, 1.165) is 6.07 Å². The molecule has 0 unspecified atom stereocenters. The van der Waals surface area contributed by atoms with E-state index in [9.17, 15) is 9.18 Å². The van der Waals surface area contributed by atoms with Gasteiger partial charge in [0.1, 0.15) is 17.4 Å². The molecule has 0 aromatic heterocycles. The van der Waals surface area contributed by atoms with E-state index in [4.69, 9.17) is 22.0 Å². The van der Waals surface area contributed by atoms with Crippen LogP contribution in [-0.2, 0) is 11.2 Å². The molecule has 0 fully saturated rings. The molecule has 0 aliphatic rings. The van der Waals surface area contributed by atoms with Crippen LogP contribution < -0.4 is 0 Å². The highest BCUT2D eigenvalue weighted by Gasteiger charge is 2.10. The number of aliphatic carboxylic acids is 1. The number of rotatable bonds is 2. The van der Waals surface area contributed by atoms with Crippen molar-refractivity contribution in [2.45, 2.75) is 6.42 Å². The quantitative estimate of drug-likeness (QED) is 0.817. The van der Waals surface area contributed by atoms with E-state index >= 15 is 0 Å². The van der Waals surface area contributed by atoms with Gasteiger partial charge in [0.2, 0.25) is 0 Å². The zero-order valence-electron chi connectivity index (χ0n) is 6.92. The Kier molecular flexibility index (Phi) is 3.05. The topological polar surface area (TPSA) is 61.1 Å². The van der Waals surface area contributed by atoms with Gasteiger partial charge in [0.25, 0.3) is 0 Å². The van der Waals surface area contributed by atoms with E-state index in [1.54, 1.807) is 6.07 Å². The van der Waals surface area contributed by atoms with Gasteiger partial charge in [-0.1, -0.05) is 11.6 Å². The van der Waals surface area contributed by atoms with E-state index in [1.807, 2.05) is 0 Å². The predicted octanol–water partition coefficient (Wildman–Crippen LogP) is 1.98. The molecular formula is C9H5ClFNO2. The van der Waals surface area contributed by atoms with Gasteiger partial charge in [-0.3, -0.25) is 4.79 Å². The van der Waals surface area contributed by atoms with Crippen LogP contribution in [0.3, 0.4) is 0 Å². The van der Waals surface area contributed by atoms with Gasteiger partial charge in [0, 0.05) is 0 Å². The highest BCUT2D eigenvalue weighted by Crippen LogP contribution is 2.20. The van der Waals surface area contributed by atoms with E-state index in [-0.39, 0.29) is 22.6 Å². The van der Waals surface area contributed by atoms with E-state index < -0.39 is 11.8 Å². The largest absolute Gasteiger partial charge is 0.481 e. The highest BCUT2D eigenvalue weighted by molar-refractivity contribution is 6.31. The second-order valence-electron chi connectivity index (χ2n) is 2.62. The summed E-state index contributed by atoms with van der Waals surface area (Å²) in [4.78, 5) is 10.3. The monoisotopic (exact) mass is 213 g/mol. The fourth-order valence-electron chi connectivity index (χ4n) is 1.01. The Morgan fingerprint density at radius 3 is 2.71 bits per heavy atom. The van der Waals surface area contributed by atoms with Gasteiger partial charge in [-0.15, -0.1) is 0 Å². The zero-order chi connectivity index (χ0) is 10.7. The lowest BCUT2D eigenvalue weighted by Gasteiger charge is -2.01. The summed E-state index contributed by atoms with van der Waals surface area (Å²) in [6, 6.07) is 3.86. The summed E-state index contributed by atoms with van der Waals surface area (Å²) < 4.78 is 13.1. The highest BCUT2D eigenvalue weighted by atomic mass is 35.5. The number of carboxylic acids is 1. The van der Waals surface area contributed by atoms with Crippen LogP contribution >= 0.6 is 11.6 Å². The SMILES string of the molecule is N#Cc1c(F)cc(CC(=O)O)cc1Cl. The Labute approximate surface area is 84.3 Å². The molecule has 3 nitrogen and oxygen atoms in total. The van der Waals surface area contributed by atoms with Crippen LogP contribution in [0.2, 0.25) is 5.02 Å². The fourth-order valence-corrected chi connectivity index (χ4v) is 1.28. The molecular weight excluding hydrogens is 209 g/mol. The molecule has 0 spiro atoms. The van der Waals surface area contributed by atoms with Gasteiger partial charge in [-0.05, 0) is 17.7 Å². The fraction of sp³-hybridized carbons (Fsp3) is 0.111. The molecule has 1 rings (SSSR count). The lowest BCUT2D eigenvalue weighted by atomic mass is 10.1. The van der Waals surface area contributed by atoms with Crippen LogP contribution in [0, 0.1) is 17.1 Å². The van der Waals surface area contributed by atoms with E-state index in [1.165, 1.54) is 6.07 Å². The summed E-state index contributed by atoms with van der Waals surface area (Å²) in [6.07, 6.45) is -0.317. The normalized spacial score (nSPS) is 9.50. The molecule has 0 saturated carbocycles. The third kappa shape index (κ3) is 2.21. The molecule has 0 heterocycles. The van der Waals surface area contributed by atoms with Crippen molar-refractivity contribution < 1.29 is 14.3 Å². The summed E-state index contributed by atoms with van der Waals surface area (Å²) in [7, 11) is 0. The summed E-state index contributed by atoms with van der Waals surface area (Å²) >= 11 is 5.56. The van der Waals surface area contributed by atoms with Crippen molar-refractivity contribution in [3.8, 4) is 6.07 Å². The minimum absolute atomic E-state index is 0.0660. The van der Waals surface area contributed by atoms with Crippen molar-refractivity contribution in [1.29, 1.82) is 5.26 Å². The lowest BCUT2D eigenvalue weighted by molar-refractivity contribution is -0.136. The number of nitrogens with zero attached hydrogens (tertiary/aromatic N) is 1. The average Bonchev–Trinajstić information content (AvgIpc) is 2.01. The van der Waals surface area contributed by atoms with Crippen LogP contribution in [0.25, 0.3) is 0 Å². The van der Waals surface area contributed by atoms with Crippen LogP contribution in [0.1, 0.15) is 11.1 Å². The minimum Gasteiger partial charge on any atom is -0.481 e. The first kappa shape index (κ1) is 10.5. The number of hydrogen-bond donors (Lipinski definition) is 1. The van der Waals surface area contributed by atoms with Crippen molar-refractivity contribution in [3.63, 3.8) is 0 Å². The maximum atomic E-state index is 13.1. The Hall–Kier alpha value is -1.60. The van der Waals surface area contributed by atoms with Crippen LogP contribution in [0.15, 0.2) is 12.1 Å². The van der Waals surface area contributed by atoms with Crippen molar-refractivity contribution in [2.75, 3.05) is 0 Å². The smallest absolute Gasteiger partial charge is 0.307 e.